The SMILES string of the molecule is CC1CC2CC[N+]1(Cc1ccccc1)CC2OC(=O)C(Nc1ccccc1)c1ccccc1. The van der Waals surface area contributed by atoms with E-state index in [4.69, 9.17) is 4.74 Å². The lowest BCUT2D eigenvalue weighted by Gasteiger charge is -2.56. The van der Waals surface area contributed by atoms with E-state index < -0.39 is 6.04 Å². The van der Waals surface area contributed by atoms with Crippen LogP contribution in [0.25, 0.3) is 0 Å². The zero-order valence-corrected chi connectivity index (χ0v) is 19.3. The molecule has 0 radical (unpaired) electrons. The van der Waals surface area contributed by atoms with Crippen LogP contribution < -0.4 is 5.32 Å². The molecule has 5 atom stereocenters. The topological polar surface area (TPSA) is 38.3 Å². The maximum absolute atomic E-state index is 13.5. The molecule has 3 aliphatic heterocycles. The molecular formula is C29H33N2O2+. The van der Waals surface area contributed by atoms with Crippen molar-refractivity contribution in [1.29, 1.82) is 0 Å². The van der Waals surface area contributed by atoms with Crippen molar-refractivity contribution in [3.63, 3.8) is 0 Å². The highest BCUT2D eigenvalue weighted by atomic mass is 16.5. The van der Waals surface area contributed by atoms with Crippen LogP contribution in [0.2, 0.25) is 0 Å². The molecule has 170 valence electrons. The molecule has 6 rings (SSSR count). The summed E-state index contributed by atoms with van der Waals surface area (Å²) in [5.41, 5.74) is 3.20. The van der Waals surface area contributed by atoms with Crippen molar-refractivity contribution in [3.05, 3.63) is 102 Å². The summed E-state index contributed by atoms with van der Waals surface area (Å²) in [6.45, 7) is 5.45. The lowest BCUT2D eigenvalue weighted by Crippen LogP contribution is -2.67. The van der Waals surface area contributed by atoms with Crippen LogP contribution in [0.3, 0.4) is 0 Å². The maximum atomic E-state index is 13.5. The predicted octanol–water partition coefficient (Wildman–Crippen LogP) is 5.58. The Morgan fingerprint density at radius 1 is 0.970 bits per heavy atom. The molecule has 0 amide bonds. The number of fused-ring (bicyclic) bond motifs is 3. The largest absolute Gasteiger partial charge is 0.454 e. The average molecular weight is 442 g/mol. The fourth-order valence-corrected chi connectivity index (χ4v) is 5.76. The second kappa shape index (κ2) is 9.40. The van der Waals surface area contributed by atoms with Gasteiger partial charge in [0.25, 0.3) is 0 Å². The van der Waals surface area contributed by atoms with Crippen LogP contribution in [0, 0.1) is 5.92 Å². The van der Waals surface area contributed by atoms with Gasteiger partial charge in [-0.2, -0.15) is 0 Å². The Kier molecular flexibility index (Phi) is 6.19. The molecule has 3 heterocycles. The summed E-state index contributed by atoms with van der Waals surface area (Å²) in [4.78, 5) is 13.5. The molecular weight excluding hydrogens is 408 g/mol. The van der Waals surface area contributed by atoms with Crippen LogP contribution in [0.15, 0.2) is 91.0 Å². The number of esters is 1. The lowest BCUT2D eigenvalue weighted by atomic mass is 9.78. The summed E-state index contributed by atoms with van der Waals surface area (Å²) >= 11 is 0. The number of rotatable bonds is 7. The van der Waals surface area contributed by atoms with Gasteiger partial charge in [-0.15, -0.1) is 0 Å². The van der Waals surface area contributed by atoms with Crippen molar-refractivity contribution in [1.82, 2.24) is 0 Å². The van der Waals surface area contributed by atoms with Crippen LogP contribution in [0.1, 0.15) is 36.9 Å². The highest BCUT2D eigenvalue weighted by molar-refractivity contribution is 5.81. The third-order valence-corrected chi connectivity index (χ3v) is 7.65. The number of benzene rings is 3. The number of ether oxygens (including phenoxy) is 1. The zero-order valence-electron chi connectivity index (χ0n) is 19.3. The van der Waals surface area contributed by atoms with Gasteiger partial charge < -0.3 is 14.5 Å². The number of carbonyl (C=O) groups is 1. The number of nitrogens with one attached hydrogen (secondary N) is 1. The number of carbonyl (C=O) groups excluding carboxylic acids is 1. The van der Waals surface area contributed by atoms with E-state index in [0.29, 0.717) is 12.0 Å². The van der Waals surface area contributed by atoms with Gasteiger partial charge in [0.1, 0.15) is 13.1 Å². The first-order chi connectivity index (χ1) is 16.1. The second-order valence-electron chi connectivity index (χ2n) is 9.73. The summed E-state index contributed by atoms with van der Waals surface area (Å²) in [7, 11) is 0. The minimum Gasteiger partial charge on any atom is -0.454 e. The van der Waals surface area contributed by atoms with E-state index in [2.05, 4.69) is 42.6 Å². The highest BCUT2D eigenvalue weighted by Crippen LogP contribution is 2.41. The lowest BCUT2D eigenvalue weighted by molar-refractivity contribution is -0.979. The van der Waals surface area contributed by atoms with Gasteiger partial charge in [-0.1, -0.05) is 78.9 Å². The monoisotopic (exact) mass is 441 g/mol. The molecule has 4 heteroatoms. The molecule has 33 heavy (non-hydrogen) atoms. The molecule has 3 aromatic rings. The fourth-order valence-electron chi connectivity index (χ4n) is 5.76. The van der Waals surface area contributed by atoms with Crippen LogP contribution in [-0.2, 0) is 16.1 Å². The van der Waals surface area contributed by atoms with Crippen molar-refractivity contribution >= 4 is 11.7 Å². The fraction of sp³-hybridized carbons (Fsp3) is 0.345. The van der Waals surface area contributed by atoms with Gasteiger partial charge in [0.05, 0.1) is 12.6 Å². The predicted molar refractivity (Wildman–Crippen MR) is 131 cm³/mol. The highest BCUT2D eigenvalue weighted by Gasteiger charge is 2.52. The van der Waals surface area contributed by atoms with Gasteiger partial charge in [0, 0.05) is 30.0 Å². The minimum absolute atomic E-state index is 0.0325. The molecule has 0 saturated carbocycles. The first-order valence-corrected chi connectivity index (χ1v) is 12.1. The molecule has 5 unspecified atom stereocenters. The first-order valence-electron chi connectivity index (χ1n) is 12.1. The van der Waals surface area contributed by atoms with Crippen molar-refractivity contribution in [2.24, 2.45) is 5.92 Å². The third kappa shape index (κ3) is 4.67. The normalized spacial score (nSPS) is 27.0. The number of hydrogen-bond acceptors (Lipinski definition) is 3. The second-order valence-corrected chi connectivity index (χ2v) is 9.73. The Morgan fingerprint density at radius 3 is 2.27 bits per heavy atom. The van der Waals surface area contributed by atoms with Crippen molar-refractivity contribution < 1.29 is 14.0 Å². The number of nitrogens with zero attached hydrogens (tertiary/aromatic N) is 1. The number of hydrogen-bond donors (Lipinski definition) is 1. The van der Waals surface area contributed by atoms with Crippen molar-refractivity contribution in [2.75, 3.05) is 18.4 Å². The Labute approximate surface area is 196 Å². The number of piperidine rings is 3. The van der Waals surface area contributed by atoms with Gasteiger partial charge in [0.2, 0.25) is 0 Å². The quantitative estimate of drug-likeness (QED) is 0.384. The van der Waals surface area contributed by atoms with E-state index in [-0.39, 0.29) is 12.1 Å². The maximum Gasteiger partial charge on any atom is 0.333 e. The van der Waals surface area contributed by atoms with Crippen molar-refractivity contribution in [2.45, 2.75) is 44.5 Å². The molecule has 3 saturated heterocycles. The first kappa shape index (κ1) is 21.7. The van der Waals surface area contributed by atoms with Gasteiger partial charge in [-0.05, 0) is 24.6 Å². The summed E-state index contributed by atoms with van der Waals surface area (Å²) in [6, 6.07) is 30.6. The molecule has 3 aromatic carbocycles. The summed E-state index contributed by atoms with van der Waals surface area (Å²) in [6.07, 6.45) is 2.21. The van der Waals surface area contributed by atoms with E-state index in [0.717, 1.165) is 41.7 Å². The van der Waals surface area contributed by atoms with Gasteiger partial charge in [-0.25, -0.2) is 4.79 Å². The standard InChI is InChI=1S/C29H33N2O2/c1-22-19-25-17-18-31(22,20-23-11-5-2-6-12-23)21-27(25)33-29(32)28(24-13-7-3-8-14-24)30-26-15-9-4-10-16-26/h2-16,22,25,27-28,30H,17-21H2,1H3/q+1. The molecule has 1 N–H and O–H groups in total. The Morgan fingerprint density at radius 2 is 1.61 bits per heavy atom. The summed E-state index contributed by atoms with van der Waals surface area (Å²) in [5.74, 6) is 0.266. The zero-order chi connectivity index (χ0) is 22.7. The molecule has 3 fully saturated rings. The molecule has 2 bridgehead atoms. The molecule has 0 aromatic heterocycles. The minimum atomic E-state index is -0.524. The Bertz CT molecular complexity index is 1060. The Balaban J connectivity index is 1.35. The molecule has 4 nitrogen and oxygen atoms in total. The summed E-state index contributed by atoms with van der Waals surface area (Å²) in [5, 5.41) is 3.41. The third-order valence-electron chi connectivity index (χ3n) is 7.65. The van der Waals surface area contributed by atoms with Crippen LogP contribution >= 0.6 is 0 Å². The summed E-state index contributed by atoms with van der Waals surface area (Å²) < 4.78 is 7.32. The number of anilines is 1. The number of para-hydroxylation sites is 1. The van der Waals surface area contributed by atoms with E-state index in [1.807, 2.05) is 60.7 Å². The van der Waals surface area contributed by atoms with E-state index in [1.54, 1.807) is 0 Å². The molecule has 0 aliphatic carbocycles. The average Bonchev–Trinajstić information content (AvgIpc) is 2.85. The molecule has 3 aliphatic rings. The van der Waals surface area contributed by atoms with Crippen LogP contribution in [0.5, 0.6) is 0 Å². The van der Waals surface area contributed by atoms with Gasteiger partial charge in [-0.3, -0.25) is 0 Å². The van der Waals surface area contributed by atoms with Gasteiger partial charge in [0.15, 0.2) is 12.1 Å². The van der Waals surface area contributed by atoms with Crippen LogP contribution in [0.4, 0.5) is 5.69 Å². The van der Waals surface area contributed by atoms with E-state index in [9.17, 15) is 4.79 Å². The van der Waals surface area contributed by atoms with E-state index in [1.165, 1.54) is 12.1 Å². The van der Waals surface area contributed by atoms with Crippen molar-refractivity contribution in [3.8, 4) is 0 Å². The smallest absolute Gasteiger partial charge is 0.333 e. The Hall–Kier alpha value is -3.11. The number of quaternary nitrogens is 1. The molecule has 0 spiro atoms. The van der Waals surface area contributed by atoms with Gasteiger partial charge >= 0.3 is 5.97 Å². The van der Waals surface area contributed by atoms with E-state index >= 15 is 0 Å². The van der Waals surface area contributed by atoms with Crippen LogP contribution in [-0.4, -0.2) is 35.7 Å².